The summed E-state index contributed by atoms with van der Waals surface area (Å²) in [5.74, 6) is -10.9. The summed E-state index contributed by atoms with van der Waals surface area (Å²) in [4.78, 5) is 15.9. The van der Waals surface area contributed by atoms with Gasteiger partial charge in [-0.3, -0.25) is 4.79 Å². The zero-order valence-corrected chi connectivity index (χ0v) is 13.5. The van der Waals surface area contributed by atoms with Crippen LogP contribution in [-0.2, 0) is 4.79 Å². The number of benzene rings is 1. The summed E-state index contributed by atoms with van der Waals surface area (Å²) in [7, 11) is 2.00. The van der Waals surface area contributed by atoms with Crippen LogP contribution in [0.4, 0.5) is 22.0 Å². The monoisotopic (exact) mass is 364 g/mol. The second-order valence-electron chi connectivity index (χ2n) is 5.67. The van der Waals surface area contributed by atoms with E-state index >= 15 is 0 Å². The number of amides is 1. The SMILES string of the molecule is CN1CCN(CCC(=O)N/N=C\c2c(F)c(F)c(F)c(F)c2F)CC1. The number of rotatable bonds is 5. The van der Waals surface area contributed by atoms with Crippen molar-refractivity contribution in [2.45, 2.75) is 6.42 Å². The molecule has 1 amide bonds. The van der Waals surface area contributed by atoms with Crippen LogP contribution in [0.25, 0.3) is 0 Å². The van der Waals surface area contributed by atoms with Gasteiger partial charge in [-0.2, -0.15) is 5.10 Å². The highest BCUT2D eigenvalue weighted by molar-refractivity contribution is 5.83. The lowest BCUT2D eigenvalue weighted by atomic mass is 10.2. The van der Waals surface area contributed by atoms with Crippen LogP contribution < -0.4 is 5.43 Å². The van der Waals surface area contributed by atoms with Gasteiger partial charge in [-0.1, -0.05) is 0 Å². The van der Waals surface area contributed by atoms with E-state index in [1.54, 1.807) is 0 Å². The van der Waals surface area contributed by atoms with Crippen LogP contribution in [0, 0.1) is 29.1 Å². The predicted octanol–water partition coefficient (Wildman–Crippen LogP) is 1.47. The minimum Gasteiger partial charge on any atom is -0.304 e. The lowest BCUT2D eigenvalue weighted by molar-refractivity contribution is -0.121. The van der Waals surface area contributed by atoms with Gasteiger partial charge in [0.05, 0.1) is 11.8 Å². The van der Waals surface area contributed by atoms with Crippen molar-refractivity contribution < 1.29 is 26.7 Å². The first-order chi connectivity index (χ1) is 11.8. The van der Waals surface area contributed by atoms with Gasteiger partial charge in [-0.15, -0.1) is 0 Å². The summed E-state index contributed by atoms with van der Waals surface area (Å²) in [5.41, 5.74) is 0.797. The van der Waals surface area contributed by atoms with Crippen molar-refractivity contribution in [3.8, 4) is 0 Å². The van der Waals surface area contributed by atoms with Gasteiger partial charge in [-0.25, -0.2) is 27.4 Å². The van der Waals surface area contributed by atoms with E-state index in [9.17, 15) is 26.7 Å². The minimum atomic E-state index is -2.25. The number of nitrogens with one attached hydrogen (secondary N) is 1. The molecule has 5 nitrogen and oxygen atoms in total. The van der Waals surface area contributed by atoms with Crippen LogP contribution in [0.1, 0.15) is 12.0 Å². The van der Waals surface area contributed by atoms with E-state index in [2.05, 4.69) is 14.9 Å². The van der Waals surface area contributed by atoms with E-state index in [1.807, 2.05) is 12.5 Å². The summed E-state index contributed by atoms with van der Waals surface area (Å²) >= 11 is 0. The molecule has 1 aromatic carbocycles. The average Bonchev–Trinajstić information content (AvgIpc) is 2.60. The van der Waals surface area contributed by atoms with Crippen LogP contribution in [0.3, 0.4) is 0 Å². The van der Waals surface area contributed by atoms with Crippen molar-refractivity contribution >= 4 is 12.1 Å². The number of hydrogen-bond acceptors (Lipinski definition) is 4. The van der Waals surface area contributed by atoms with E-state index in [1.165, 1.54) is 0 Å². The average molecular weight is 364 g/mol. The third-order valence-corrected chi connectivity index (χ3v) is 3.88. The Morgan fingerprint density at radius 1 is 1.00 bits per heavy atom. The van der Waals surface area contributed by atoms with E-state index < -0.39 is 40.6 Å². The second-order valence-corrected chi connectivity index (χ2v) is 5.67. The van der Waals surface area contributed by atoms with E-state index in [-0.39, 0.29) is 6.42 Å². The standard InChI is InChI=1S/C15H17F5N4O/c1-23-4-6-24(7-5-23)3-2-10(25)22-21-8-9-11(16)13(18)15(20)14(19)12(9)17/h8H,2-7H2,1H3,(H,22,25)/b21-8-. The van der Waals surface area contributed by atoms with E-state index in [0.717, 1.165) is 26.2 Å². The quantitative estimate of drug-likeness (QED) is 0.283. The normalized spacial score (nSPS) is 16.6. The molecule has 1 fully saturated rings. The number of piperazine rings is 1. The minimum absolute atomic E-state index is 0.0954. The topological polar surface area (TPSA) is 47.9 Å². The smallest absolute Gasteiger partial charge is 0.241 e. The molecule has 1 saturated heterocycles. The van der Waals surface area contributed by atoms with Gasteiger partial charge < -0.3 is 9.80 Å². The Morgan fingerprint density at radius 3 is 2.08 bits per heavy atom. The number of carbonyl (C=O) groups is 1. The largest absolute Gasteiger partial charge is 0.304 e. The van der Waals surface area contributed by atoms with Crippen molar-refractivity contribution in [3.05, 3.63) is 34.6 Å². The number of halogens is 5. The van der Waals surface area contributed by atoms with E-state index in [0.29, 0.717) is 12.8 Å². The fourth-order valence-corrected chi connectivity index (χ4v) is 2.29. The van der Waals surface area contributed by atoms with Gasteiger partial charge in [0.1, 0.15) is 0 Å². The lowest BCUT2D eigenvalue weighted by Crippen LogP contribution is -2.45. The maximum absolute atomic E-state index is 13.4. The van der Waals surface area contributed by atoms with Crippen molar-refractivity contribution in [3.63, 3.8) is 0 Å². The van der Waals surface area contributed by atoms with Crippen LogP contribution >= 0.6 is 0 Å². The molecular weight excluding hydrogens is 347 g/mol. The second kappa shape index (κ2) is 8.34. The van der Waals surface area contributed by atoms with Gasteiger partial charge in [0.15, 0.2) is 23.3 Å². The number of carbonyl (C=O) groups excluding carboxylic acids is 1. The summed E-state index contributed by atoms with van der Waals surface area (Å²) in [6.45, 7) is 3.90. The first-order valence-corrected chi connectivity index (χ1v) is 7.55. The van der Waals surface area contributed by atoms with Crippen molar-refractivity contribution in [2.75, 3.05) is 39.8 Å². The number of hydrogen-bond donors (Lipinski definition) is 1. The Hall–Kier alpha value is -2.07. The highest BCUT2D eigenvalue weighted by atomic mass is 19.2. The van der Waals surface area contributed by atoms with Crippen molar-refractivity contribution in [1.82, 2.24) is 15.2 Å². The maximum Gasteiger partial charge on any atom is 0.241 e. The molecule has 0 spiro atoms. The number of nitrogens with zero attached hydrogens (tertiary/aromatic N) is 3. The molecular formula is C15H17F5N4O. The molecule has 0 unspecified atom stereocenters. The molecule has 1 N–H and O–H groups in total. The molecule has 0 saturated carbocycles. The third-order valence-electron chi connectivity index (χ3n) is 3.88. The van der Waals surface area contributed by atoms with Crippen LogP contribution in [0.15, 0.2) is 5.10 Å². The third kappa shape index (κ3) is 4.73. The van der Waals surface area contributed by atoms with Gasteiger partial charge in [0, 0.05) is 39.1 Å². The molecule has 1 heterocycles. The molecule has 0 aliphatic carbocycles. The molecule has 2 rings (SSSR count). The molecule has 0 radical (unpaired) electrons. The Bertz CT molecular complexity index is 645. The molecule has 25 heavy (non-hydrogen) atoms. The Balaban J connectivity index is 1.89. The Morgan fingerprint density at radius 2 is 1.52 bits per heavy atom. The molecule has 0 bridgehead atoms. The first-order valence-electron chi connectivity index (χ1n) is 7.55. The van der Waals surface area contributed by atoms with E-state index in [4.69, 9.17) is 0 Å². The van der Waals surface area contributed by atoms with Crippen LogP contribution in [0.5, 0.6) is 0 Å². The fourth-order valence-electron chi connectivity index (χ4n) is 2.29. The van der Waals surface area contributed by atoms with Gasteiger partial charge >= 0.3 is 0 Å². The molecule has 1 aliphatic rings. The van der Waals surface area contributed by atoms with Crippen molar-refractivity contribution in [2.24, 2.45) is 5.10 Å². The summed E-state index contributed by atoms with van der Waals surface area (Å²) in [6, 6.07) is 0. The van der Waals surface area contributed by atoms with Gasteiger partial charge in [0.2, 0.25) is 11.7 Å². The molecule has 1 aliphatic heterocycles. The molecule has 138 valence electrons. The number of likely N-dealkylation sites (N-methyl/N-ethyl adjacent to an activating group) is 1. The zero-order valence-electron chi connectivity index (χ0n) is 13.5. The highest BCUT2D eigenvalue weighted by Crippen LogP contribution is 2.21. The fraction of sp³-hybridized carbons (Fsp3) is 0.467. The lowest BCUT2D eigenvalue weighted by Gasteiger charge is -2.32. The molecule has 1 aromatic rings. The molecule has 10 heteroatoms. The van der Waals surface area contributed by atoms with Crippen LogP contribution in [0.2, 0.25) is 0 Å². The Labute approximate surface area is 141 Å². The summed E-state index contributed by atoms with van der Waals surface area (Å²) < 4.78 is 65.8. The van der Waals surface area contributed by atoms with Crippen LogP contribution in [-0.4, -0.2) is 61.7 Å². The van der Waals surface area contributed by atoms with Gasteiger partial charge in [-0.05, 0) is 7.05 Å². The highest BCUT2D eigenvalue weighted by Gasteiger charge is 2.24. The van der Waals surface area contributed by atoms with Gasteiger partial charge in [0.25, 0.3) is 0 Å². The number of hydrazone groups is 1. The molecule has 0 aromatic heterocycles. The Kier molecular flexibility index (Phi) is 6.43. The summed E-state index contributed by atoms with van der Waals surface area (Å²) in [6.07, 6.45) is 0.488. The first kappa shape index (κ1) is 19.3. The van der Waals surface area contributed by atoms with Crippen molar-refractivity contribution in [1.29, 1.82) is 0 Å². The molecule has 0 atom stereocenters. The predicted molar refractivity (Wildman–Crippen MR) is 80.5 cm³/mol. The maximum atomic E-state index is 13.4. The summed E-state index contributed by atoms with van der Waals surface area (Å²) in [5, 5.41) is 3.26. The zero-order chi connectivity index (χ0) is 18.6.